The lowest BCUT2D eigenvalue weighted by Gasteiger charge is -2.33. The molecule has 0 aliphatic carbocycles. The van der Waals surface area contributed by atoms with Crippen molar-refractivity contribution >= 4 is 17.5 Å². The fraction of sp³-hybridized carbons (Fsp3) is 0.615. The van der Waals surface area contributed by atoms with E-state index in [1.54, 1.807) is 17.8 Å². The van der Waals surface area contributed by atoms with E-state index in [4.69, 9.17) is 11.6 Å². The Balaban J connectivity index is 1.93. The van der Waals surface area contributed by atoms with Crippen LogP contribution in [0.2, 0.25) is 5.02 Å². The molecule has 1 saturated heterocycles. The van der Waals surface area contributed by atoms with Crippen LogP contribution >= 0.6 is 11.6 Å². The van der Waals surface area contributed by atoms with E-state index >= 15 is 0 Å². The summed E-state index contributed by atoms with van der Waals surface area (Å²) in [5.74, 6) is -0.316. The quantitative estimate of drug-likeness (QED) is 0.927. The largest absolute Gasteiger partial charge is 0.401 e. The highest BCUT2D eigenvalue weighted by molar-refractivity contribution is 6.31. The number of halogens is 4. The van der Waals surface area contributed by atoms with Crippen molar-refractivity contribution in [3.63, 3.8) is 0 Å². The highest BCUT2D eigenvalue weighted by atomic mass is 35.5. The lowest BCUT2D eigenvalue weighted by Crippen LogP contribution is -2.50. The van der Waals surface area contributed by atoms with Gasteiger partial charge in [0.1, 0.15) is 5.69 Å². The van der Waals surface area contributed by atoms with Gasteiger partial charge in [-0.2, -0.15) is 13.2 Å². The normalized spacial score (nSPS) is 20.5. The molecule has 2 rings (SSSR count). The number of hydrogen-bond donors (Lipinski definition) is 1. The molecule has 1 aliphatic heterocycles. The second-order valence-corrected chi connectivity index (χ2v) is 5.75. The van der Waals surface area contributed by atoms with Crippen LogP contribution in [-0.2, 0) is 7.05 Å². The molecular weight excluding hydrogens is 307 g/mol. The number of carbonyl (C=O) groups is 1. The molecule has 4 nitrogen and oxygen atoms in total. The Hall–Kier alpha value is -1.21. The van der Waals surface area contributed by atoms with Crippen molar-refractivity contribution in [2.45, 2.75) is 25.1 Å². The van der Waals surface area contributed by atoms with Crippen LogP contribution in [0.25, 0.3) is 0 Å². The van der Waals surface area contributed by atoms with Gasteiger partial charge in [-0.1, -0.05) is 11.6 Å². The summed E-state index contributed by atoms with van der Waals surface area (Å²) in [6, 6.07) is 1.26. The second-order valence-electron chi connectivity index (χ2n) is 5.32. The maximum Gasteiger partial charge on any atom is 0.401 e. The molecule has 1 N–H and O–H groups in total. The van der Waals surface area contributed by atoms with E-state index < -0.39 is 12.7 Å². The summed E-state index contributed by atoms with van der Waals surface area (Å²) in [5.41, 5.74) is 0.396. The Kier molecular flexibility index (Phi) is 4.83. The van der Waals surface area contributed by atoms with E-state index in [0.717, 1.165) is 0 Å². The van der Waals surface area contributed by atoms with Crippen molar-refractivity contribution in [3.05, 3.63) is 23.0 Å². The van der Waals surface area contributed by atoms with Crippen LogP contribution < -0.4 is 5.32 Å². The molecule has 0 bridgehead atoms. The standard InChI is InChI=1S/C13H17ClF3N3O/c1-19-6-9(14)5-11(19)12(21)18-10-3-2-4-20(7-10)8-13(15,16)17/h5-6,10H,2-4,7-8H2,1H3,(H,18,21)/t10-/m1/s1. The van der Waals surface area contributed by atoms with Crippen LogP contribution in [0.4, 0.5) is 13.2 Å². The molecule has 8 heteroatoms. The highest BCUT2D eigenvalue weighted by Crippen LogP contribution is 2.20. The molecule has 1 aromatic heterocycles. The molecule has 0 unspecified atom stereocenters. The van der Waals surface area contributed by atoms with Gasteiger partial charge in [0.25, 0.3) is 5.91 Å². The van der Waals surface area contributed by atoms with E-state index in [-0.39, 0.29) is 18.5 Å². The first-order chi connectivity index (χ1) is 9.74. The number of likely N-dealkylation sites (tertiary alicyclic amines) is 1. The molecule has 1 aromatic rings. The minimum Gasteiger partial charge on any atom is -0.347 e. The molecule has 0 saturated carbocycles. The van der Waals surface area contributed by atoms with Crippen LogP contribution in [-0.4, -0.2) is 47.2 Å². The van der Waals surface area contributed by atoms with Crippen LogP contribution in [0, 0.1) is 0 Å². The maximum absolute atomic E-state index is 12.4. The van der Waals surface area contributed by atoms with Gasteiger partial charge in [-0.3, -0.25) is 9.69 Å². The molecule has 0 radical (unpaired) electrons. The summed E-state index contributed by atoms with van der Waals surface area (Å²) in [6.07, 6.45) is -1.29. The van der Waals surface area contributed by atoms with Crippen molar-refractivity contribution in [1.82, 2.24) is 14.8 Å². The Bertz CT molecular complexity index is 515. The second kappa shape index (κ2) is 6.27. The predicted octanol–water partition coefficient (Wildman–Crippen LogP) is 2.44. The fourth-order valence-electron chi connectivity index (χ4n) is 2.58. The van der Waals surface area contributed by atoms with Crippen LogP contribution in [0.1, 0.15) is 23.3 Å². The zero-order chi connectivity index (χ0) is 15.6. The minimum absolute atomic E-state index is 0.212. The zero-order valence-corrected chi connectivity index (χ0v) is 12.3. The summed E-state index contributed by atoms with van der Waals surface area (Å²) in [4.78, 5) is 13.4. The Labute approximate surface area is 125 Å². The maximum atomic E-state index is 12.4. The van der Waals surface area contributed by atoms with Gasteiger partial charge in [0, 0.05) is 25.8 Å². The van der Waals surface area contributed by atoms with Crippen molar-refractivity contribution in [2.24, 2.45) is 7.05 Å². The number of nitrogens with zero attached hydrogens (tertiary/aromatic N) is 2. The summed E-state index contributed by atoms with van der Waals surface area (Å²) >= 11 is 5.81. The molecule has 1 amide bonds. The highest BCUT2D eigenvalue weighted by Gasteiger charge is 2.33. The predicted molar refractivity (Wildman–Crippen MR) is 73.4 cm³/mol. The third-order valence-corrected chi connectivity index (χ3v) is 3.65. The number of rotatable bonds is 3. The SMILES string of the molecule is Cn1cc(Cl)cc1C(=O)N[C@@H]1CCCN(CC(F)(F)F)C1. The third-order valence-electron chi connectivity index (χ3n) is 3.45. The summed E-state index contributed by atoms with van der Waals surface area (Å²) in [6.45, 7) is -0.319. The Morgan fingerprint density at radius 1 is 1.52 bits per heavy atom. The van der Waals surface area contributed by atoms with Gasteiger partial charge in [-0.05, 0) is 25.5 Å². The van der Waals surface area contributed by atoms with Gasteiger partial charge in [-0.25, -0.2) is 0 Å². The number of amides is 1. The average Bonchev–Trinajstić information content (AvgIpc) is 2.66. The van der Waals surface area contributed by atoms with Crippen LogP contribution in [0.3, 0.4) is 0 Å². The van der Waals surface area contributed by atoms with Crippen LogP contribution in [0.5, 0.6) is 0 Å². The molecule has 1 fully saturated rings. The van der Waals surface area contributed by atoms with Crippen LogP contribution in [0.15, 0.2) is 12.3 Å². The fourth-order valence-corrected chi connectivity index (χ4v) is 2.83. The molecule has 118 valence electrons. The van der Waals surface area contributed by atoms with E-state index in [1.165, 1.54) is 11.0 Å². The lowest BCUT2D eigenvalue weighted by atomic mass is 10.1. The van der Waals surface area contributed by atoms with Gasteiger partial charge >= 0.3 is 6.18 Å². The number of piperidine rings is 1. The van der Waals surface area contributed by atoms with Crippen molar-refractivity contribution < 1.29 is 18.0 Å². The van der Waals surface area contributed by atoms with Crippen molar-refractivity contribution in [2.75, 3.05) is 19.6 Å². The first-order valence-electron chi connectivity index (χ1n) is 6.66. The van der Waals surface area contributed by atoms with Gasteiger partial charge in [-0.15, -0.1) is 0 Å². The summed E-state index contributed by atoms with van der Waals surface area (Å²) in [7, 11) is 1.69. The topological polar surface area (TPSA) is 37.3 Å². The third kappa shape index (κ3) is 4.64. The number of aromatic nitrogens is 1. The molecule has 21 heavy (non-hydrogen) atoms. The van der Waals surface area contributed by atoms with E-state index in [1.807, 2.05) is 0 Å². The monoisotopic (exact) mass is 323 g/mol. The first-order valence-corrected chi connectivity index (χ1v) is 7.04. The molecule has 0 spiro atoms. The number of nitrogens with one attached hydrogen (secondary N) is 1. The first kappa shape index (κ1) is 16.2. The Morgan fingerprint density at radius 2 is 2.24 bits per heavy atom. The number of alkyl halides is 3. The van der Waals surface area contributed by atoms with Crippen molar-refractivity contribution in [1.29, 1.82) is 0 Å². The number of aryl methyl sites for hydroxylation is 1. The number of hydrogen-bond acceptors (Lipinski definition) is 2. The number of carbonyl (C=O) groups excluding carboxylic acids is 1. The lowest BCUT2D eigenvalue weighted by molar-refractivity contribution is -0.148. The van der Waals surface area contributed by atoms with E-state index in [2.05, 4.69) is 5.32 Å². The summed E-state index contributed by atoms with van der Waals surface area (Å²) in [5, 5.41) is 3.23. The Morgan fingerprint density at radius 3 is 2.81 bits per heavy atom. The minimum atomic E-state index is -4.21. The van der Waals surface area contributed by atoms with Gasteiger partial charge < -0.3 is 9.88 Å². The van der Waals surface area contributed by atoms with E-state index in [0.29, 0.717) is 30.1 Å². The van der Waals surface area contributed by atoms with Gasteiger partial charge in [0.2, 0.25) is 0 Å². The van der Waals surface area contributed by atoms with E-state index in [9.17, 15) is 18.0 Å². The molecule has 2 heterocycles. The molecule has 1 aliphatic rings. The molecule has 1 atom stereocenters. The average molecular weight is 324 g/mol. The molecular formula is C13H17ClF3N3O. The van der Waals surface area contributed by atoms with Gasteiger partial charge in [0.15, 0.2) is 0 Å². The summed E-state index contributed by atoms with van der Waals surface area (Å²) < 4.78 is 38.8. The molecule has 0 aromatic carbocycles. The zero-order valence-electron chi connectivity index (χ0n) is 11.6. The van der Waals surface area contributed by atoms with Gasteiger partial charge in [0.05, 0.1) is 11.6 Å². The smallest absolute Gasteiger partial charge is 0.347 e. The van der Waals surface area contributed by atoms with Crippen molar-refractivity contribution in [3.8, 4) is 0 Å².